The van der Waals surface area contributed by atoms with Crippen molar-refractivity contribution in [1.29, 1.82) is 0 Å². The molecule has 0 fully saturated rings. The van der Waals surface area contributed by atoms with E-state index in [0.717, 1.165) is 22.4 Å². The average molecular weight is 525 g/mol. The molecular formula is C29H40N2O3SSi. The molecule has 194 valence electrons. The molecule has 36 heavy (non-hydrogen) atoms. The predicted molar refractivity (Wildman–Crippen MR) is 152 cm³/mol. The molecule has 0 amide bonds. The normalized spacial score (nSPS) is 14.3. The van der Waals surface area contributed by atoms with Gasteiger partial charge in [0.2, 0.25) is 10.0 Å². The van der Waals surface area contributed by atoms with E-state index in [4.69, 9.17) is 4.43 Å². The van der Waals surface area contributed by atoms with Crippen molar-refractivity contribution in [2.24, 2.45) is 0 Å². The van der Waals surface area contributed by atoms with Crippen LogP contribution in [-0.4, -0.2) is 29.4 Å². The van der Waals surface area contributed by atoms with E-state index in [9.17, 15) is 8.42 Å². The Morgan fingerprint density at radius 3 is 2.03 bits per heavy atom. The second kappa shape index (κ2) is 11.3. The number of sulfonamides is 1. The lowest BCUT2D eigenvalue weighted by molar-refractivity contribution is 0.243. The minimum atomic E-state index is -3.79. The summed E-state index contributed by atoms with van der Waals surface area (Å²) >= 11 is 0. The van der Waals surface area contributed by atoms with E-state index >= 15 is 0 Å². The van der Waals surface area contributed by atoms with Crippen LogP contribution in [0.25, 0.3) is 0 Å². The minimum Gasteiger partial charge on any atom is -0.415 e. The molecule has 0 radical (unpaired) electrons. The lowest BCUT2D eigenvalue weighted by Crippen LogP contribution is -2.49. The van der Waals surface area contributed by atoms with Crippen molar-refractivity contribution in [3.63, 3.8) is 0 Å². The summed E-state index contributed by atoms with van der Waals surface area (Å²) in [5.74, 6) is 0. The monoisotopic (exact) mass is 524 g/mol. The van der Waals surface area contributed by atoms with Gasteiger partial charge in [-0.25, -0.2) is 13.1 Å². The molecule has 2 atom stereocenters. The number of anilines is 1. The van der Waals surface area contributed by atoms with Gasteiger partial charge in [-0.05, 0) is 61.3 Å². The molecule has 0 spiro atoms. The van der Waals surface area contributed by atoms with E-state index in [1.54, 1.807) is 12.1 Å². The molecule has 0 aromatic heterocycles. The third-order valence-corrected chi connectivity index (χ3v) is 13.1. The molecular weight excluding hydrogens is 484 g/mol. The molecule has 3 aromatic carbocycles. The standard InChI is InChI=1S/C29H40N2O3SSi/c1-22-17-19-25(20-18-22)35(32,33)31-27(21-34-36(6,7)29(3,4)5)28(24-14-9-8-10-15-24)30-26-16-12-11-13-23(26)2/h8-20,27-28,30-31H,21H2,1-7H3/t27-,28+/m1/s1. The fourth-order valence-electron chi connectivity index (χ4n) is 3.68. The first-order valence-corrected chi connectivity index (χ1v) is 16.8. The molecule has 5 nitrogen and oxygen atoms in total. The van der Waals surface area contributed by atoms with Gasteiger partial charge >= 0.3 is 0 Å². The summed E-state index contributed by atoms with van der Waals surface area (Å²) in [7, 11) is -5.93. The number of hydrogen-bond acceptors (Lipinski definition) is 4. The van der Waals surface area contributed by atoms with E-state index in [-0.39, 0.29) is 22.6 Å². The Hall–Kier alpha value is -2.45. The molecule has 0 heterocycles. The van der Waals surface area contributed by atoms with Crippen molar-refractivity contribution in [3.05, 3.63) is 95.6 Å². The summed E-state index contributed by atoms with van der Waals surface area (Å²) < 4.78 is 36.7. The number of rotatable bonds is 10. The van der Waals surface area contributed by atoms with Gasteiger partial charge in [-0.3, -0.25) is 0 Å². The van der Waals surface area contributed by atoms with Crippen LogP contribution in [0, 0.1) is 13.8 Å². The lowest BCUT2D eigenvalue weighted by Gasteiger charge is -2.39. The minimum absolute atomic E-state index is 0.000920. The maximum atomic E-state index is 13.5. The van der Waals surface area contributed by atoms with E-state index in [1.807, 2.05) is 80.6 Å². The second-order valence-corrected chi connectivity index (χ2v) is 17.5. The van der Waals surface area contributed by atoms with Gasteiger partial charge in [0, 0.05) is 5.69 Å². The lowest BCUT2D eigenvalue weighted by atomic mass is 9.99. The topological polar surface area (TPSA) is 67.4 Å². The van der Waals surface area contributed by atoms with Crippen molar-refractivity contribution >= 4 is 24.0 Å². The highest BCUT2D eigenvalue weighted by Crippen LogP contribution is 2.37. The summed E-state index contributed by atoms with van der Waals surface area (Å²) in [6, 6.07) is 24.0. The smallest absolute Gasteiger partial charge is 0.240 e. The van der Waals surface area contributed by atoms with Gasteiger partial charge in [-0.15, -0.1) is 0 Å². The summed E-state index contributed by atoms with van der Waals surface area (Å²) in [4.78, 5) is 0.244. The van der Waals surface area contributed by atoms with Gasteiger partial charge in [0.1, 0.15) is 0 Å². The molecule has 0 aliphatic carbocycles. The van der Waals surface area contributed by atoms with Crippen LogP contribution in [0.15, 0.2) is 83.8 Å². The number of hydrogen-bond donors (Lipinski definition) is 2. The Labute approximate surface area is 218 Å². The fourth-order valence-corrected chi connectivity index (χ4v) is 5.94. The Balaban J connectivity index is 2.04. The van der Waals surface area contributed by atoms with Gasteiger partial charge in [-0.1, -0.05) is 87.0 Å². The highest BCUT2D eigenvalue weighted by atomic mass is 32.2. The zero-order chi connectivity index (χ0) is 26.6. The third-order valence-electron chi connectivity index (χ3n) is 7.08. The Morgan fingerprint density at radius 2 is 1.44 bits per heavy atom. The van der Waals surface area contributed by atoms with Crippen LogP contribution in [0.5, 0.6) is 0 Å². The summed E-state index contributed by atoms with van der Waals surface area (Å²) in [5, 5.41) is 3.63. The third kappa shape index (κ3) is 7.07. The number of benzene rings is 3. The number of nitrogens with one attached hydrogen (secondary N) is 2. The van der Waals surface area contributed by atoms with Gasteiger partial charge in [0.25, 0.3) is 0 Å². The molecule has 3 rings (SSSR count). The molecule has 0 saturated carbocycles. The van der Waals surface area contributed by atoms with Crippen molar-refractivity contribution < 1.29 is 12.8 Å². The van der Waals surface area contributed by atoms with E-state index in [2.05, 4.69) is 43.9 Å². The summed E-state index contributed by atoms with van der Waals surface area (Å²) in [5.41, 5.74) is 4.04. The maximum Gasteiger partial charge on any atom is 0.240 e. The van der Waals surface area contributed by atoms with Crippen LogP contribution in [0.1, 0.15) is 43.5 Å². The quantitative estimate of drug-likeness (QED) is 0.285. The van der Waals surface area contributed by atoms with Gasteiger partial charge in [0.05, 0.1) is 23.6 Å². The van der Waals surface area contributed by atoms with Gasteiger partial charge in [0.15, 0.2) is 8.32 Å². The summed E-state index contributed by atoms with van der Waals surface area (Å²) in [6.07, 6.45) is 0. The van der Waals surface area contributed by atoms with Crippen LogP contribution in [0.2, 0.25) is 18.1 Å². The number of para-hydroxylation sites is 1. The Morgan fingerprint density at radius 1 is 0.861 bits per heavy atom. The van der Waals surface area contributed by atoms with E-state index in [0.29, 0.717) is 0 Å². The largest absolute Gasteiger partial charge is 0.415 e. The first kappa shape index (κ1) is 28.1. The maximum absolute atomic E-state index is 13.5. The van der Waals surface area contributed by atoms with Crippen LogP contribution < -0.4 is 10.0 Å². The van der Waals surface area contributed by atoms with Crippen molar-refractivity contribution in [2.75, 3.05) is 11.9 Å². The molecule has 0 saturated heterocycles. The van der Waals surface area contributed by atoms with E-state index < -0.39 is 24.4 Å². The summed E-state index contributed by atoms with van der Waals surface area (Å²) in [6.45, 7) is 15.2. The van der Waals surface area contributed by atoms with Crippen molar-refractivity contribution in [1.82, 2.24) is 4.72 Å². The first-order valence-electron chi connectivity index (χ1n) is 12.4. The predicted octanol–water partition coefficient (Wildman–Crippen LogP) is 6.83. The fraction of sp³-hybridized carbons (Fsp3) is 0.379. The SMILES string of the molecule is Cc1ccc(S(=O)(=O)N[C@H](CO[Si](C)(C)C(C)(C)C)[C@@H](Nc2ccccc2C)c2ccccc2)cc1. The molecule has 0 unspecified atom stereocenters. The second-order valence-electron chi connectivity index (χ2n) is 11.0. The first-order chi connectivity index (χ1) is 16.8. The zero-order valence-electron chi connectivity index (χ0n) is 22.5. The van der Waals surface area contributed by atoms with Crippen LogP contribution in [-0.2, 0) is 14.4 Å². The van der Waals surface area contributed by atoms with Crippen LogP contribution >= 0.6 is 0 Å². The average Bonchev–Trinajstić information content (AvgIpc) is 2.81. The molecule has 0 aliphatic heterocycles. The molecule has 0 bridgehead atoms. The Bertz CT molecular complexity index is 1240. The zero-order valence-corrected chi connectivity index (χ0v) is 24.3. The van der Waals surface area contributed by atoms with Crippen LogP contribution in [0.4, 0.5) is 5.69 Å². The van der Waals surface area contributed by atoms with Gasteiger partial charge < -0.3 is 9.74 Å². The highest BCUT2D eigenvalue weighted by molar-refractivity contribution is 7.89. The van der Waals surface area contributed by atoms with Crippen molar-refractivity contribution in [3.8, 4) is 0 Å². The highest BCUT2D eigenvalue weighted by Gasteiger charge is 2.39. The Kier molecular flexibility index (Phi) is 8.83. The van der Waals surface area contributed by atoms with Gasteiger partial charge in [-0.2, -0.15) is 0 Å². The van der Waals surface area contributed by atoms with Crippen LogP contribution in [0.3, 0.4) is 0 Å². The molecule has 7 heteroatoms. The molecule has 3 aromatic rings. The molecule has 0 aliphatic rings. The van der Waals surface area contributed by atoms with Crippen molar-refractivity contribution in [2.45, 2.75) is 69.7 Å². The number of aryl methyl sites for hydroxylation is 2. The molecule has 2 N–H and O–H groups in total. The van der Waals surface area contributed by atoms with E-state index in [1.165, 1.54) is 0 Å².